The average Bonchev–Trinajstić information content (AvgIpc) is 3.08. The van der Waals surface area contributed by atoms with E-state index in [1.807, 2.05) is 27.7 Å². The normalized spacial score (nSPS) is 17.2. The van der Waals surface area contributed by atoms with Gasteiger partial charge < -0.3 is 29.5 Å². The first-order valence-corrected chi connectivity index (χ1v) is 15.7. The van der Waals surface area contributed by atoms with Crippen LogP contribution in [0, 0.1) is 5.92 Å². The van der Waals surface area contributed by atoms with Crippen molar-refractivity contribution in [1.29, 1.82) is 0 Å². The molecule has 0 spiro atoms. The Labute approximate surface area is 263 Å². The lowest BCUT2D eigenvalue weighted by Crippen LogP contribution is -2.26. The molecule has 0 amide bonds. The van der Waals surface area contributed by atoms with Crippen molar-refractivity contribution < 1.29 is 43.9 Å². The number of aliphatic hydroxyl groups excluding tert-OH is 1. The Balaban J connectivity index is 0.000000906. The largest absolute Gasteiger partial charge is 0.507 e. The molecule has 3 N–H and O–H groups in total. The highest BCUT2D eigenvalue weighted by Crippen LogP contribution is 2.47. The summed E-state index contributed by atoms with van der Waals surface area (Å²) >= 11 is 0. The van der Waals surface area contributed by atoms with Gasteiger partial charge in [0.15, 0.2) is 12.1 Å². The number of carbonyl (C=O) groups is 3. The van der Waals surface area contributed by atoms with E-state index in [1.165, 1.54) is 39.4 Å². The lowest BCUT2D eigenvalue weighted by atomic mass is 9.75. The third-order valence-electron chi connectivity index (χ3n) is 7.00. The third kappa shape index (κ3) is 9.61. The summed E-state index contributed by atoms with van der Waals surface area (Å²) in [6.07, 6.45) is 5.96. The van der Waals surface area contributed by atoms with Gasteiger partial charge >= 0.3 is 0 Å². The van der Waals surface area contributed by atoms with Crippen molar-refractivity contribution in [1.82, 2.24) is 0 Å². The molecule has 0 bridgehead atoms. The van der Waals surface area contributed by atoms with Crippen LogP contribution < -0.4 is 4.74 Å². The summed E-state index contributed by atoms with van der Waals surface area (Å²) in [4.78, 5) is 37.9. The molecule has 2 aromatic carbocycles. The summed E-state index contributed by atoms with van der Waals surface area (Å²) in [7, 11) is 4.09. The maximum absolute atomic E-state index is 13.1. The van der Waals surface area contributed by atoms with E-state index >= 15 is 0 Å². The van der Waals surface area contributed by atoms with Crippen LogP contribution >= 0.6 is 0 Å². The third-order valence-corrected chi connectivity index (χ3v) is 7.00. The molecule has 248 valence electrons. The van der Waals surface area contributed by atoms with Crippen molar-refractivity contribution in [3.63, 3.8) is 0 Å². The average molecular weight is 619 g/mol. The summed E-state index contributed by atoms with van der Waals surface area (Å²) in [6, 6.07) is 4.66. The minimum atomic E-state index is -0.554. The standard InChI is InChI=1S/C21H18O6.C6H12O2.C3H8.2C2H6.CH4O/c1-9(22)10-6-7-11-13(8-10)20(25)16-17(18(11)23)21(26)15-12(19(16)24)4-3-5-14(15)27-2;1-7-6-4-2-3-5-8-6;1-3-2;3*1-2/h3-5,10,23,25H,6-8H2,1-2H3;6H,2-5H2,1H3;3H2,1-2H3;2*1-2H3;2H,1H3/t10-;6-;;;;/m01..../s1. The molecule has 2 aliphatic carbocycles. The number of aromatic hydroxyl groups is 2. The lowest BCUT2D eigenvalue weighted by molar-refractivity contribution is -0.145. The highest BCUT2D eigenvalue weighted by atomic mass is 16.7. The van der Waals surface area contributed by atoms with Gasteiger partial charge in [0, 0.05) is 43.4 Å². The predicted octanol–water partition coefficient (Wildman–Crippen LogP) is 6.81. The maximum atomic E-state index is 13.1. The van der Waals surface area contributed by atoms with E-state index in [0.29, 0.717) is 24.0 Å². The number of hydrogen-bond donors (Lipinski definition) is 3. The molecule has 0 saturated carbocycles. The molecule has 0 aromatic heterocycles. The number of rotatable bonds is 3. The first kappa shape index (κ1) is 40.7. The second-order valence-corrected chi connectivity index (χ2v) is 9.73. The molecule has 1 aliphatic heterocycles. The molecule has 2 atom stereocenters. The molecular weight excluding hydrogens is 564 g/mol. The maximum Gasteiger partial charge on any atom is 0.202 e. The number of hydrogen-bond acceptors (Lipinski definition) is 9. The van der Waals surface area contributed by atoms with Crippen LogP contribution in [0.2, 0.25) is 0 Å². The Morgan fingerprint density at radius 1 is 0.886 bits per heavy atom. The van der Waals surface area contributed by atoms with Crippen molar-refractivity contribution >= 4 is 17.3 Å². The van der Waals surface area contributed by atoms with Crippen LogP contribution in [-0.2, 0) is 27.1 Å². The van der Waals surface area contributed by atoms with E-state index in [-0.39, 0.29) is 63.9 Å². The van der Waals surface area contributed by atoms with Crippen molar-refractivity contribution in [2.45, 2.75) is 99.7 Å². The van der Waals surface area contributed by atoms with Gasteiger partial charge in [0.25, 0.3) is 0 Å². The molecule has 1 heterocycles. The number of benzene rings is 2. The van der Waals surface area contributed by atoms with Gasteiger partial charge in [-0.2, -0.15) is 0 Å². The smallest absolute Gasteiger partial charge is 0.202 e. The summed E-state index contributed by atoms with van der Waals surface area (Å²) in [6.45, 7) is 14.6. The van der Waals surface area contributed by atoms with Crippen LogP contribution in [0.4, 0.5) is 0 Å². The van der Waals surface area contributed by atoms with E-state index in [4.69, 9.17) is 19.3 Å². The van der Waals surface area contributed by atoms with Gasteiger partial charge in [-0.05, 0) is 51.5 Å². The molecular formula is C35H54O9. The summed E-state index contributed by atoms with van der Waals surface area (Å²) in [5.74, 6) is -1.73. The van der Waals surface area contributed by atoms with Gasteiger partial charge in [0.05, 0.1) is 23.8 Å². The molecule has 1 saturated heterocycles. The predicted molar refractivity (Wildman–Crippen MR) is 173 cm³/mol. The van der Waals surface area contributed by atoms with E-state index in [9.17, 15) is 24.6 Å². The number of phenols is 2. The van der Waals surface area contributed by atoms with Crippen molar-refractivity contribution in [2.24, 2.45) is 5.92 Å². The second-order valence-electron chi connectivity index (χ2n) is 9.73. The monoisotopic (exact) mass is 618 g/mol. The number of aliphatic hydroxyl groups is 1. The number of ketones is 3. The zero-order valence-electron chi connectivity index (χ0n) is 28.3. The van der Waals surface area contributed by atoms with Crippen molar-refractivity contribution in [3.05, 3.63) is 51.6 Å². The van der Waals surface area contributed by atoms with E-state index < -0.39 is 11.6 Å². The number of fused-ring (bicyclic) bond motifs is 3. The highest BCUT2D eigenvalue weighted by Gasteiger charge is 2.40. The molecule has 44 heavy (non-hydrogen) atoms. The van der Waals surface area contributed by atoms with Crippen LogP contribution in [0.25, 0.3) is 0 Å². The molecule has 2 aromatic rings. The summed E-state index contributed by atoms with van der Waals surface area (Å²) in [5.41, 5.74) is 0.647. The molecule has 0 unspecified atom stereocenters. The summed E-state index contributed by atoms with van der Waals surface area (Å²) < 4.78 is 15.4. The van der Waals surface area contributed by atoms with Crippen LogP contribution in [-0.4, -0.2) is 66.9 Å². The first-order valence-electron chi connectivity index (χ1n) is 15.7. The Hall–Kier alpha value is -3.27. The zero-order chi connectivity index (χ0) is 34.0. The van der Waals surface area contributed by atoms with Crippen LogP contribution in [0.5, 0.6) is 17.2 Å². The minimum Gasteiger partial charge on any atom is -0.507 e. The van der Waals surface area contributed by atoms with Gasteiger partial charge in [-0.15, -0.1) is 0 Å². The lowest BCUT2D eigenvalue weighted by Gasteiger charge is -2.29. The van der Waals surface area contributed by atoms with Gasteiger partial charge in [0.2, 0.25) is 5.78 Å². The Morgan fingerprint density at radius 3 is 1.93 bits per heavy atom. The second kappa shape index (κ2) is 21.4. The van der Waals surface area contributed by atoms with E-state index in [0.717, 1.165) is 20.1 Å². The summed E-state index contributed by atoms with van der Waals surface area (Å²) in [5, 5.41) is 28.6. The Morgan fingerprint density at radius 2 is 1.45 bits per heavy atom. The topological polar surface area (TPSA) is 140 Å². The van der Waals surface area contributed by atoms with Gasteiger partial charge in [-0.25, -0.2) is 0 Å². The van der Waals surface area contributed by atoms with Gasteiger partial charge in [0.1, 0.15) is 23.0 Å². The fourth-order valence-electron chi connectivity index (χ4n) is 5.05. The Bertz CT molecular complexity index is 1200. The zero-order valence-corrected chi connectivity index (χ0v) is 28.3. The first-order chi connectivity index (χ1) is 21.2. The van der Waals surface area contributed by atoms with Gasteiger partial charge in [-0.1, -0.05) is 60.1 Å². The quantitative estimate of drug-likeness (QED) is 0.270. The van der Waals surface area contributed by atoms with Crippen molar-refractivity contribution in [3.8, 4) is 17.2 Å². The number of ether oxygens (including phenoxy) is 3. The molecule has 0 radical (unpaired) electrons. The molecule has 3 aliphatic rings. The fourth-order valence-corrected chi connectivity index (χ4v) is 5.05. The molecule has 1 fully saturated rings. The molecule has 9 nitrogen and oxygen atoms in total. The van der Waals surface area contributed by atoms with Crippen molar-refractivity contribution in [2.75, 3.05) is 27.9 Å². The fraction of sp³-hybridized carbons (Fsp3) is 0.571. The minimum absolute atomic E-state index is 0.00487. The molecule has 5 rings (SSSR count). The Kier molecular flexibility index (Phi) is 19.8. The number of Topliss-reactive ketones (excluding diaryl/α,β-unsaturated/α-hetero) is 1. The number of methoxy groups -OCH3 is 2. The number of carbonyl (C=O) groups excluding carboxylic acids is 3. The highest BCUT2D eigenvalue weighted by molar-refractivity contribution is 6.31. The van der Waals surface area contributed by atoms with Crippen LogP contribution in [0.15, 0.2) is 18.2 Å². The number of phenolic OH excluding ortho intramolecular Hbond substituents is 2. The van der Waals surface area contributed by atoms with E-state index in [1.54, 1.807) is 19.2 Å². The van der Waals surface area contributed by atoms with Gasteiger partial charge in [-0.3, -0.25) is 14.4 Å². The van der Waals surface area contributed by atoms with E-state index in [2.05, 4.69) is 13.8 Å². The van der Waals surface area contributed by atoms with Crippen LogP contribution in [0.3, 0.4) is 0 Å². The SMILES string of the molecule is CC.CC.CCC.CO.CO[C@H]1CCCCO1.COc1cccc2c1C(=O)c1c(O)c3c(c(O)c1C2=O)C[C@@H](C(C)=O)CC3. The van der Waals surface area contributed by atoms with Crippen LogP contribution in [0.1, 0.15) is 124 Å². The molecule has 9 heteroatoms.